The normalized spacial score (nSPS) is 10.1. The number of pyridine rings is 1. The van der Waals surface area contributed by atoms with Crippen molar-refractivity contribution in [3.05, 3.63) is 53.9 Å². The molecule has 0 fully saturated rings. The van der Waals surface area contributed by atoms with Gasteiger partial charge in [0, 0.05) is 18.9 Å². The Morgan fingerprint density at radius 2 is 1.79 bits per heavy atom. The Morgan fingerprint density at radius 1 is 1.08 bits per heavy atom. The molecule has 0 bridgehead atoms. The SMILES string of the molecule is CCCNC(=O)c1cncc(C(=O)Nc2ccccc2OCC)c1. The molecule has 24 heavy (non-hydrogen) atoms. The number of nitrogens with one attached hydrogen (secondary N) is 2. The van der Waals surface area contributed by atoms with Crippen molar-refractivity contribution in [2.45, 2.75) is 20.3 Å². The molecule has 0 aliphatic rings. The second-order valence-electron chi connectivity index (χ2n) is 5.10. The second-order valence-corrected chi connectivity index (χ2v) is 5.10. The van der Waals surface area contributed by atoms with E-state index in [9.17, 15) is 9.59 Å². The van der Waals surface area contributed by atoms with Crippen LogP contribution < -0.4 is 15.4 Å². The van der Waals surface area contributed by atoms with Gasteiger partial charge in [0.2, 0.25) is 0 Å². The molecule has 1 aromatic carbocycles. The van der Waals surface area contributed by atoms with E-state index in [1.807, 2.05) is 26.0 Å². The van der Waals surface area contributed by atoms with Gasteiger partial charge < -0.3 is 15.4 Å². The Hall–Kier alpha value is -2.89. The fourth-order valence-corrected chi connectivity index (χ4v) is 2.07. The van der Waals surface area contributed by atoms with E-state index in [2.05, 4.69) is 15.6 Å². The van der Waals surface area contributed by atoms with E-state index in [0.717, 1.165) is 6.42 Å². The van der Waals surface area contributed by atoms with Crippen molar-refractivity contribution in [2.75, 3.05) is 18.5 Å². The zero-order valence-electron chi connectivity index (χ0n) is 13.8. The Bertz CT molecular complexity index is 716. The van der Waals surface area contributed by atoms with Gasteiger partial charge in [-0.25, -0.2) is 0 Å². The molecular weight excluding hydrogens is 306 g/mol. The molecule has 0 saturated heterocycles. The molecule has 0 atom stereocenters. The molecule has 0 radical (unpaired) electrons. The lowest BCUT2D eigenvalue weighted by Gasteiger charge is -2.11. The quantitative estimate of drug-likeness (QED) is 0.819. The van der Waals surface area contributed by atoms with Crippen molar-refractivity contribution in [1.82, 2.24) is 10.3 Å². The molecule has 1 heterocycles. The molecule has 0 aliphatic heterocycles. The molecule has 6 heteroatoms. The molecular formula is C18H21N3O3. The van der Waals surface area contributed by atoms with Gasteiger partial charge in [0.25, 0.3) is 11.8 Å². The zero-order chi connectivity index (χ0) is 17.4. The molecule has 2 rings (SSSR count). The van der Waals surface area contributed by atoms with E-state index in [1.54, 1.807) is 12.1 Å². The number of anilines is 1. The number of hydrogen-bond acceptors (Lipinski definition) is 4. The summed E-state index contributed by atoms with van der Waals surface area (Å²) < 4.78 is 5.49. The van der Waals surface area contributed by atoms with E-state index in [1.165, 1.54) is 18.5 Å². The molecule has 126 valence electrons. The maximum atomic E-state index is 12.4. The molecule has 1 aromatic heterocycles. The van der Waals surface area contributed by atoms with Gasteiger partial charge in [-0.15, -0.1) is 0 Å². The molecule has 2 aromatic rings. The average Bonchev–Trinajstić information content (AvgIpc) is 2.61. The van der Waals surface area contributed by atoms with Crippen molar-refractivity contribution in [2.24, 2.45) is 0 Å². The Morgan fingerprint density at radius 3 is 2.50 bits per heavy atom. The molecule has 0 saturated carbocycles. The van der Waals surface area contributed by atoms with Crippen LogP contribution in [0.2, 0.25) is 0 Å². The van der Waals surface area contributed by atoms with Crippen molar-refractivity contribution < 1.29 is 14.3 Å². The first-order chi connectivity index (χ1) is 11.7. The van der Waals surface area contributed by atoms with Crippen LogP contribution in [-0.2, 0) is 0 Å². The van der Waals surface area contributed by atoms with Gasteiger partial charge in [0.05, 0.1) is 23.4 Å². The Kier molecular flexibility index (Phi) is 6.31. The van der Waals surface area contributed by atoms with Crippen molar-refractivity contribution in [3.63, 3.8) is 0 Å². The van der Waals surface area contributed by atoms with E-state index < -0.39 is 0 Å². The summed E-state index contributed by atoms with van der Waals surface area (Å²) in [6, 6.07) is 8.71. The number of amides is 2. The Labute approximate surface area is 141 Å². The van der Waals surface area contributed by atoms with Gasteiger partial charge in [-0.05, 0) is 31.5 Å². The topological polar surface area (TPSA) is 80.3 Å². The number of nitrogens with zero attached hydrogens (tertiary/aromatic N) is 1. The largest absolute Gasteiger partial charge is 0.492 e. The lowest BCUT2D eigenvalue weighted by molar-refractivity contribution is 0.0953. The van der Waals surface area contributed by atoms with Crippen LogP contribution >= 0.6 is 0 Å². The fourth-order valence-electron chi connectivity index (χ4n) is 2.07. The van der Waals surface area contributed by atoms with Crippen molar-refractivity contribution in [3.8, 4) is 5.75 Å². The number of rotatable bonds is 7. The maximum absolute atomic E-state index is 12.4. The minimum atomic E-state index is -0.347. The lowest BCUT2D eigenvalue weighted by atomic mass is 10.1. The number of hydrogen-bond donors (Lipinski definition) is 2. The summed E-state index contributed by atoms with van der Waals surface area (Å²) in [6.07, 6.45) is 3.71. The minimum absolute atomic E-state index is 0.242. The first kappa shape index (κ1) is 17.5. The summed E-state index contributed by atoms with van der Waals surface area (Å²) in [4.78, 5) is 28.4. The predicted octanol–water partition coefficient (Wildman–Crippen LogP) is 2.87. The first-order valence-corrected chi connectivity index (χ1v) is 7.92. The highest BCUT2D eigenvalue weighted by atomic mass is 16.5. The van der Waals surface area contributed by atoms with E-state index in [-0.39, 0.29) is 11.8 Å². The van der Waals surface area contributed by atoms with Gasteiger partial charge >= 0.3 is 0 Å². The number of carbonyl (C=O) groups is 2. The smallest absolute Gasteiger partial charge is 0.257 e. The number of carbonyl (C=O) groups excluding carboxylic acids is 2. The monoisotopic (exact) mass is 327 g/mol. The zero-order valence-corrected chi connectivity index (χ0v) is 13.8. The van der Waals surface area contributed by atoms with Crippen molar-refractivity contribution in [1.29, 1.82) is 0 Å². The molecule has 2 amide bonds. The number of ether oxygens (including phenoxy) is 1. The van der Waals surface area contributed by atoms with Crippen LogP contribution in [0, 0.1) is 0 Å². The van der Waals surface area contributed by atoms with Crippen LogP contribution in [0.15, 0.2) is 42.7 Å². The van der Waals surface area contributed by atoms with Crippen LogP contribution in [0.5, 0.6) is 5.75 Å². The van der Waals surface area contributed by atoms with Crippen LogP contribution in [0.25, 0.3) is 0 Å². The highest BCUT2D eigenvalue weighted by molar-refractivity contribution is 6.06. The van der Waals surface area contributed by atoms with Gasteiger partial charge in [-0.2, -0.15) is 0 Å². The predicted molar refractivity (Wildman–Crippen MR) is 92.4 cm³/mol. The van der Waals surface area contributed by atoms with Gasteiger partial charge in [0.1, 0.15) is 5.75 Å². The molecule has 0 unspecified atom stereocenters. The number of aromatic nitrogens is 1. The van der Waals surface area contributed by atoms with Crippen LogP contribution in [0.3, 0.4) is 0 Å². The van der Waals surface area contributed by atoms with Crippen LogP contribution in [0.1, 0.15) is 41.0 Å². The third-order valence-corrected chi connectivity index (χ3v) is 3.23. The average molecular weight is 327 g/mol. The standard InChI is InChI=1S/C18H21N3O3/c1-3-9-20-17(22)13-10-14(12-19-11-13)18(23)21-15-7-5-6-8-16(15)24-4-2/h5-8,10-12H,3-4,9H2,1-2H3,(H,20,22)(H,21,23). The highest BCUT2D eigenvalue weighted by Gasteiger charge is 2.13. The van der Waals surface area contributed by atoms with Crippen LogP contribution in [0.4, 0.5) is 5.69 Å². The van der Waals surface area contributed by atoms with Crippen LogP contribution in [-0.4, -0.2) is 29.9 Å². The Balaban J connectivity index is 2.14. The highest BCUT2D eigenvalue weighted by Crippen LogP contribution is 2.24. The van der Waals surface area contributed by atoms with E-state index >= 15 is 0 Å². The molecule has 0 aliphatic carbocycles. The summed E-state index contributed by atoms with van der Waals surface area (Å²) in [7, 11) is 0. The lowest BCUT2D eigenvalue weighted by Crippen LogP contribution is -2.24. The molecule has 2 N–H and O–H groups in total. The molecule has 0 spiro atoms. The second kappa shape index (κ2) is 8.67. The summed E-state index contributed by atoms with van der Waals surface area (Å²) in [6.45, 7) is 4.93. The molecule has 6 nitrogen and oxygen atoms in total. The number of benzene rings is 1. The van der Waals surface area contributed by atoms with Crippen molar-refractivity contribution >= 4 is 17.5 Å². The summed E-state index contributed by atoms with van der Waals surface area (Å²) in [5.41, 5.74) is 1.24. The third-order valence-electron chi connectivity index (χ3n) is 3.23. The number of para-hydroxylation sites is 2. The maximum Gasteiger partial charge on any atom is 0.257 e. The summed E-state index contributed by atoms with van der Waals surface area (Å²) >= 11 is 0. The van der Waals surface area contributed by atoms with E-state index in [4.69, 9.17) is 4.74 Å². The van der Waals surface area contributed by atoms with Gasteiger partial charge in [-0.1, -0.05) is 19.1 Å². The third kappa shape index (κ3) is 4.55. The van der Waals surface area contributed by atoms with Gasteiger partial charge in [-0.3, -0.25) is 14.6 Å². The summed E-state index contributed by atoms with van der Waals surface area (Å²) in [5.74, 6) is 0.00617. The fraction of sp³-hybridized carbons (Fsp3) is 0.278. The first-order valence-electron chi connectivity index (χ1n) is 7.92. The summed E-state index contributed by atoms with van der Waals surface area (Å²) in [5, 5.41) is 5.54. The minimum Gasteiger partial charge on any atom is -0.492 e. The van der Waals surface area contributed by atoms with E-state index in [0.29, 0.717) is 35.7 Å². The van der Waals surface area contributed by atoms with Gasteiger partial charge in [0.15, 0.2) is 0 Å².